The molecule has 110 valence electrons. The van der Waals surface area contributed by atoms with E-state index in [0.717, 1.165) is 22.9 Å². The molecule has 1 heterocycles. The molecule has 0 saturated carbocycles. The summed E-state index contributed by atoms with van der Waals surface area (Å²) >= 11 is 0. The second-order valence-corrected chi connectivity index (χ2v) is 5.15. The number of hydrogen-bond donors (Lipinski definition) is 2. The number of quaternary nitrogens is 1. The van der Waals surface area contributed by atoms with Crippen LogP contribution in [-0.4, -0.2) is 23.1 Å². The predicted octanol–water partition coefficient (Wildman–Crippen LogP) is 1.34. The number of nitrogens with zero attached hydrogens (tertiary/aromatic N) is 2. The van der Waals surface area contributed by atoms with Crippen LogP contribution in [0, 0.1) is 5.92 Å². The number of fused-ring (bicyclic) bond motifs is 1. The molecule has 21 heavy (non-hydrogen) atoms. The van der Waals surface area contributed by atoms with Crippen LogP contribution in [0.1, 0.15) is 25.8 Å². The maximum absolute atomic E-state index is 11.9. The Morgan fingerprint density at radius 3 is 2.95 bits per heavy atom. The molecule has 2 atom stereocenters. The highest BCUT2D eigenvalue weighted by atomic mass is 16.2. The van der Waals surface area contributed by atoms with E-state index in [-0.39, 0.29) is 17.9 Å². The van der Waals surface area contributed by atoms with Gasteiger partial charge < -0.3 is 5.73 Å². The van der Waals surface area contributed by atoms with Crippen molar-refractivity contribution in [2.45, 2.75) is 26.3 Å². The third-order valence-corrected chi connectivity index (χ3v) is 3.71. The first kappa shape index (κ1) is 15.1. The summed E-state index contributed by atoms with van der Waals surface area (Å²) in [5.41, 5.74) is 8.18. The van der Waals surface area contributed by atoms with Gasteiger partial charge in [0.05, 0.1) is 11.7 Å². The van der Waals surface area contributed by atoms with Gasteiger partial charge in [0, 0.05) is 23.1 Å². The highest BCUT2D eigenvalue weighted by Crippen LogP contribution is 2.13. The van der Waals surface area contributed by atoms with E-state index in [1.54, 1.807) is 12.4 Å². The zero-order chi connectivity index (χ0) is 15.2. The molecule has 0 spiro atoms. The van der Waals surface area contributed by atoms with Gasteiger partial charge in [-0.25, -0.2) is 5.43 Å². The van der Waals surface area contributed by atoms with Crippen LogP contribution in [-0.2, 0) is 4.79 Å². The van der Waals surface area contributed by atoms with E-state index in [0.29, 0.717) is 0 Å². The van der Waals surface area contributed by atoms with Crippen molar-refractivity contribution in [2.24, 2.45) is 11.0 Å². The summed E-state index contributed by atoms with van der Waals surface area (Å²) in [6.45, 7) is 4.05. The number of para-hydroxylation sites is 1. The quantitative estimate of drug-likeness (QED) is 0.642. The lowest BCUT2D eigenvalue weighted by Crippen LogP contribution is -2.69. The van der Waals surface area contributed by atoms with Gasteiger partial charge in [-0.15, -0.1) is 0 Å². The van der Waals surface area contributed by atoms with E-state index in [1.807, 2.05) is 44.2 Å². The molecule has 0 aliphatic rings. The highest BCUT2D eigenvalue weighted by Gasteiger charge is 2.22. The molecule has 0 bridgehead atoms. The van der Waals surface area contributed by atoms with E-state index in [1.165, 1.54) is 0 Å². The lowest BCUT2D eigenvalue weighted by atomic mass is 10.00. The Morgan fingerprint density at radius 1 is 1.43 bits per heavy atom. The molecule has 4 N–H and O–H groups in total. The minimum absolute atomic E-state index is 0.159. The Bertz CT molecular complexity index is 648. The number of pyridine rings is 1. The van der Waals surface area contributed by atoms with Crippen LogP contribution in [0.25, 0.3) is 10.9 Å². The molecule has 0 saturated heterocycles. The van der Waals surface area contributed by atoms with Crippen LogP contribution in [0.3, 0.4) is 0 Å². The zero-order valence-electron chi connectivity index (χ0n) is 12.4. The fourth-order valence-corrected chi connectivity index (χ4v) is 2.02. The van der Waals surface area contributed by atoms with E-state index < -0.39 is 0 Å². The van der Waals surface area contributed by atoms with Crippen LogP contribution in [0.15, 0.2) is 41.6 Å². The monoisotopic (exact) mass is 285 g/mol. The first-order chi connectivity index (χ1) is 10.1. The molecule has 1 aromatic heterocycles. The summed E-state index contributed by atoms with van der Waals surface area (Å²) in [5.74, 6) is 0.0771. The minimum atomic E-state index is -0.294. The molecule has 5 nitrogen and oxygen atoms in total. The molecule has 0 unspecified atom stereocenters. The van der Waals surface area contributed by atoms with Crippen molar-refractivity contribution in [3.63, 3.8) is 0 Å². The van der Waals surface area contributed by atoms with Crippen LogP contribution < -0.4 is 11.2 Å². The number of nitrogens with one attached hydrogen (secondary N) is 1. The molecular weight excluding hydrogens is 264 g/mol. The van der Waals surface area contributed by atoms with E-state index in [2.05, 4.69) is 21.2 Å². The SMILES string of the molecule is CC[C@@H](C)[C@@H]([NH3+])C(=O)N/N=C\c1cccc2cccnc12. The number of rotatable bonds is 5. The summed E-state index contributed by atoms with van der Waals surface area (Å²) in [7, 11) is 0. The first-order valence-corrected chi connectivity index (χ1v) is 7.13. The Labute approximate surface area is 124 Å². The number of aromatic nitrogens is 1. The molecule has 0 aliphatic carbocycles. The van der Waals surface area contributed by atoms with Crippen LogP contribution in [0.4, 0.5) is 0 Å². The van der Waals surface area contributed by atoms with E-state index >= 15 is 0 Å². The summed E-state index contributed by atoms with van der Waals surface area (Å²) in [5, 5.41) is 5.07. The molecule has 0 aliphatic heterocycles. The van der Waals surface area contributed by atoms with Gasteiger partial charge in [0.15, 0.2) is 6.04 Å². The number of benzene rings is 1. The molecule has 1 amide bonds. The molecular formula is C16H21N4O+. The summed E-state index contributed by atoms with van der Waals surface area (Å²) < 4.78 is 0. The highest BCUT2D eigenvalue weighted by molar-refractivity contribution is 5.97. The van der Waals surface area contributed by atoms with E-state index in [4.69, 9.17) is 0 Å². The van der Waals surface area contributed by atoms with E-state index in [9.17, 15) is 4.79 Å². The third-order valence-electron chi connectivity index (χ3n) is 3.71. The largest absolute Gasteiger partial charge is 0.347 e. The van der Waals surface area contributed by atoms with Crippen LogP contribution in [0.2, 0.25) is 0 Å². The lowest BCUT2D eigenvalue weighted by Gasteiger charge is -2.12. The van der Waals surface area contributed by atoms with Gasteiger partial charge in [-0.3, -0.25) is 9.78 Å². The number of hydrazone groups is 1. The Kier molecular flexibility index (Phi) is 5.00. The van der Waals surface area contributed by atoms with Gasteiger partial charge in [0.25, 0.3) is 5.91 Å². The number of carbonyl (C=O) groups excluding carboxylic acids is 1. The Morgan fingerprint density at radius 2 is 2.19 bits per heavy atom. The topological polar surface area (TPSA) is 82.0 Å². The van der Waals surface area contributed by atoms with Crippen molar-refractivity contribution in [1.29, 1.82) is 0 Å². The van der Waals surface area contributed by atoms with Crippen molar-refractivity contribution < 1.29 is 10.5 Å². The fourth-order valence-electron chi connectivity index (χ4n) is 2.02. The zero-order valence-corrected chi connectivity index (χ0v) is 12.4. The Hall–Kier alpha value is -2.27. The van der Waals surface area contributed by atoms with Crippen LogP contribution in [0.5, 0.6) is 0 Å². The second-order valence-electron chi connectivity index (χ2n) is 5.15. The van der Waals surface area contributed by atoms with Gasteiger partial charge in [-0.1, -0.05) is 38.1 Å². The van der Waals surface area contributed by atoms with Gasteiger partial charge in [0.2, 0.25) is 0 Å². The molecule has 5 heteroatoms. The Balaban J connectivity index is 2.09. The number of amides is 1. The van der Waals surface area contributed by atoms with Crippen molar-refractivity contribution in [2.75, 3.05) is 0 Å². The first-order valence-electron chi connectivity index (χ1n) is 7.13. The van der Waals surface area contributed by atoms with Crippen molar-refractivity contribution in [3.05, 3.63) is 42.1 Å². The maximum atomic E-state index is 11.9. The average molecular weight is 285 g/mol. The fraction of sp³-hybridized carbons (Fsp3) is 0.312. The standard InChI is InChI=1S/C16H20N4O/c1-3-11(2)14(17)16(21)20-19-10-13-7-4-6-12-8-5-9-18-15(12)13/h4-11,14H,3,17H2,1-2H3,(H,20,21)/p+1/b19-10-/t11-,14-/m1/s1. The minimum Gasteiger partial charge on any atom is -0.347 e. The van der Waals surface area contributed by atoms with Gasteiger partial charge >= 0.3 is 0 Å². The summed E-state index contributed by atoms with van der Waals surface area (Å²) in [6, 6.07) is 9.45. The third kappa shape index (κ3) is 3.64. The summed E-state index contributed by atoms with van der Waals surface area (Å²) in [4.78, 5) is 16.2. The normalized spacial score (nSPS) is 14.2. The average Bonchev–Trinajstić information content (AvgIpc) is 2.53. The van der Waals surface area contributed by atoms with Gasteiger partial charge in [-0.05, 0) is 12.5 Å². The molecule has 1 aromatic carbocycles. The molecule has 0 fully saturated rings. The number of hydrogen-bond acceptors (Lipinski definition) is 3. The molecule has 2 aromatic rings. The van der Waals surface area contributed by atoms with Crippen LogP contribution >= 0.6 is 0 Å². The number of carbonyl (C=O) groups is 1. The maximum Gasteiger partial charge on any atom is 0.298 e. The molecule has 0 radical (unpaired) electrons. The second kappa shape index (κ2) is 6.95. The predicted molar refractivity (Wildman–Crippen MR) is 83.6 cm³/mol. The van der Waals surface area contributed by atoms with Crippen molar-refractivity contribution >= 4 is 23.0 Å². The summed E-state index contributed by atoms with van der Waals surface area (Å²) in [6.07, 6.45) is 4.28. The van der Waals surface area contributed by atoms with Gasteiger partial charge in [-0.2, -0.15) is 5.10 Å². The van der Waals surface area contributed by atoms with Gasteiger partial charge in [0.1, 0.15) is 0 Å². The lowest BCUT2D eigenvalue weighted by molar-refractivity contribution is -0.415. The smallest absolute Gasteiger partial charge is 0.298 e. The van der Waals surface area contributed by atoms with Crippen molar-refractivity contribution in [3.8, 4) is 0 Å². The molecule has 2 rings (SSSR count). The van der Waals surface area contributed by atoms with Crippen molar-refractivity contribution in [1.82, 2.24) is 10.4 Å².